The number of ether oxygens (including phenoxy) is 2. The molecule has 6 rings (SSSR count). The van der Waals surface area contributed by atoms with Crippen molar-refractivity contribution in [1.82, 2.24) is 9.66 Å². The van der Waals surface area contributed by atoms with E-state index in [-0.39, 0.29) is 11.4 Å². The van der Waals surface area contributed by atoms with Gasteiger partial charge in [-0.05, 0) is 87.7 Å². The Balaban J connectivity index is 1.35. The summed E-state index contributed by atoms with van der Waals surface area (Å²) in [5.41, 5.74) is 2.44. The molecule has 0 radical (unpaired) electrons. The zero-order valence-corrected chi connectivity index (χ0v) is 24.6. The van der Waals surface area contributed by atoms with Crippen molar-refractivity contribution in [2.24, 2.45) is 5.10 Å². The first kappa shape index (κ1) is 27.1. The number of benzene rings is 4. The van der Waals surface area contributed by atoms with Gasteiger partial charge in [-0.3, -0.25) is 4.79 Å². The molecule has 41 heavy (non-hydrogen) atoms. The first-order valence-corrected chi connectivity index (χ1v) is 14.0. The molecule has 2 heterocycles. The van der Waals surface area contributed by atoms with E-state index in [0.717, 1.165) is 21.0 Å². The predicted octanol–water partition coefficient (Wildman–Crippen LogP) is 8.35. The molecule has 0 atom stereocenters. The van der Waals surface area contributed by atoms with E-state index in [2.05, 4.69) is 21.0 Å². The van der Waals surface area contributed by atoms with Crippen LogP contribution in [0.25, 0.3) is 33.5 Å². The highest BCUT2D eigenvalue weighted by Gasteiger charge is 2.18. The molecule has 0 aliphatic rings. The summed E-state index contributed by atoms with van der Waals surface area (Å²) in [5, 5.41) is 6.70. The molecule has 10 heteroatoms. The minimum atomic E-state index is -0.324. The summed E-state index contributed by atoms with van der Waals surface area (Å²) in [7, 11) is 1.59. The lowest BCUT2D eigenvalue weighted by molar-refractivity contribution is 0.304. The standard InChI is InChI=1S/C31H20BrCl2N3O4/c1-39-26-7-4-8-27-21(26)15-29(41-27)30-36-25-6-3-2-5-20(25)31(38)37(30)35-16-18-10-12-28(22(32)13-18)40-17-19-9-11-23(33)24(34)14-19/h2-16H,17H2,1H3. The van der Waals surface area contributed by atoms with Gasteiger partial charge in [-0.2, -0.15) is 9.78 Å². The van der Waals surface area contributed by atoms with Crippen LogP contribution in [0.15, 0.2) is 104 Å². The predicted molar refractivity (Wildman–Crippen MR) is 166 cm³/mol. The number of methoxy groups -OCH3 is 1. The maximum absolute atomic E-state index is 13.6. The van der Waals surface area contributed by atoms with Crippen molar-refractivity contribution >= 4 is 67.2 Å². The number of hydrogen-bond donors (Lipinski definition) is 0. The Morgan fingerprint density at radius 2 is 1.80 bits per heavy atom. The molecule has 0 amide bonds. The van der Waals surface area contributed by atoms with E-state index in [9.17, 15) is 4.79 Å². The second kappa shape index (κ2) is 11.4. The van der Waals surface area contributed by atoms with E-state index < -0.39 is 0 Å². The summed E-state index contributed by atoms with van der Waals surface area (Å²) in [6, 6.07) is 25.3. The van der Waals surface area contributed by atoms with Gasteiger partial charge in [0.15, 0.2) is 5.76 Å². The zero-order valence-electron chi connectivity index (χ0n) is 21.5. The fourth-order valence-electron chi connectivity index (χ4n) is 4.34. The number of hydrogen-bond acceptors (Lipinski definition) is 6. The van der Waals surface area contributed by atoms with Gasteiger partial charge >= 0.3 is 0 Å². The monoisotopic (exact) mass is 647 g/mol. The number of furan rings is 1. The average molecular weight is 649 g/mol. The van der Waals surface area contributed by atoms with Crippen LogP contribution in [0.3, 0.4) is 0 Å². The average Bonchev–Trinajstić information content (AvgIpc) is 3.42. The van der Waals surface area contributed by atoms with Crippen molar-refractivity contribution in [1.29, 1.82) is 0 Å². The minimum absolute atomic E-state index is 0.267. The van der Waals surface area contributed by atoms with E-state index in [1.807, 2.05) is 48.5 Å². The van der Waals surface area contributed by atoms with Gasteiger partial charge in [-0.15, -0.1) is 0 Å². The van der Waals surface area contributed by atoms with Crippen LogP contribution in [0.4, 0.5) is 0 Å². The lowest BCUT2D eigenvalue weighted by Gasteiger charge is -2.10. The maximum atomic E-state index is 13.6. The van der Waals surface area contributed by atoms with Crippen molar-refractivity contribution < 1.29 is 13.9 Å². The van der Waals surface area contributed by atoms with Crippen LogP contribution in [0.5, 0.6) is 11.5 Å². The van der Waals surface area contributed by atoms with Crippen LogP contribution >= 0.6 is 39.1 Å². The SMILES string of the molecule is COc1cccc2oc(-c3nc4ccccc4c(=O)n3N=Cc3ccc(OCc4ccc(Cl)c(Cl)c4)c(Br)c3)cc12. The Morgan fingerprint density at radius 3 is 2.61 bits per heavy atom. The van der Waals surface area contributed by atoms with Gasteiger partial charge in [0.2, 0.25) is 5.82 Å². The summed E-state index contributed by atoms with van der Waals surface area (Å²) in [4.78, 5) is 18.3. The summed E-state index contributed by atoms with van der Waals surface area (Å²) in [6.07, 6.45) is 1.58. The molecular weight excluding hydrogens is 629 g/mol. The Bertz CT molecular complexity index is 2020. The number of aromatic nitrogens is 2. The number of fused-ring (bicyclic) bond motifs is 2. The van der Waals surface area contributed by atoms with E-state index in [1.54, 1.807) is 49.7 Å². The first-order chi connectivity index (χ1) is 19.9. The summed E-state index contributed by atoms with van der Waals surface area (Å²) < 4.78 is 19.5. The molecule has 7 nitrogen and oxygen atoms in total. The topological polar surface area (TPSA) is 78.9 Å². The molecule has 0 aliphatic carbocycles. The third-order valence-electron chi connectivity index (χ3n) is 6.37. The molecule has 204 valence electrons. The van der Waals surface area contributed by atoms with Crippen LogP contribution in [0.1, 0.15) is 11.1 Å². The van der Waals surface area contributed by atoms with Crippen LogP contribution in [0, 0.1) is 0 Å². The third-order valence-corrected chi connectivity index (χ3v) is 7.73. The summed E-state index contributed by atoms with van der Waals surface area (Å²) in [6.45, 7) is 0.312. The Hall–Kier alpha value is -4.11. The molecule has 0 fully saturated rings. The van der Waals surface area contributed by atoms with Gasteiger partial charge in [0.05, 0.1) is 44.1 Å². The summed E-state index contributed by atoms with van der Waals surface area (Å²) >= 11 is 15.7. The first-order valence-electron chi connectivity index (χ1n) is 12.4. The normalized spacial score (nSPS) is 11.5. The molecule has 4 aromatic carbocycles. The molecule has 2 aromatic heterocycles. The minimum Gasteiger partial charge on any atom is -0.496 e. The number of halogens is 3. The molecule has 0 bridgehead atoms. The van der Waals surface area contributed by atoms with Gasteiger partial charge < -0.3 is 13.9 Å². The van der Waals surface area contributed by atoms with Crippen molar-refractivity contribution in [3.05, 3.63) is 121 Å². The van der Waals surface area contributed by atoms with Gasteiger partial charge in [0.25, 0.3) is 5.56 Å². The highest BCUT2D eigenvalue weighted by atomic mass is 79.9. The summed E-state index contributed by atoms with van der Waals surface area (Å²) in [5.74, 6) is 1.94. The van der Waals surface area contributed by atoms with Crippen molar-refractivity contribution in [2.45, 2.75) is 6.61 Å². The molecule has 0 N–H and O–H groups in total. The Kier molecular flexibility index (Phi) is 7.53. The largest absolute Gasteiger partial charge is 0.496 e. The zero-order chi connectivity index (χ0) is 28.5. The van der Waals surface area contributed by atoms with Gasteiger partial charge in [-0.25, -0.2) is 4.98 Å². The van der Waals surface area contributed by atoms with E-state index in [4.69, 9.17) is 42.1 Å². The third kappa shape index (κ3) is 5.46. The fraction of sp³-hybridized carbons (Fsp3) is 0.0645. The molecule has 0 spiro atoms. The van der Waals surface area contributed by atoms with E-state index in [1.165, 1.54) is 4.68 Å². The smallest absolute Gasteiger partial charge is 0.282 e. The molecule has 0 unspecified atom stereocenters. The highest BCUT2D eigenvalue weighted by Crippen LogP contribution is 2.33. The number of nitrogens with zero attached hydrogens (tertiary/aromatic N) is 3. The van der Waals surface area contributed by atoms with Crippen molar-refractivity contribution in [3.63, 3.8) is 0 Å². The number of para-hydroxylation sites is 1. The van der Waals surface area contributed by atoms with Crippen molar-refractivity contribution in [2.75, 3.05) is 7.11 Å². The van der Waals surface area contributed by atoms with Crippen LogP contribution in [-0.4, -0.2) is 23.0 Å². The lowest BCUT2D eigenvalue weighted by atomic mass is 10.2. The van der Waals surface area contributed by atoms with E-state index >= 15 is 0 Å². The second-order valence-corrected chi connectivity index (χ2v) is 10.7. The highest BCUT2D eigenvalue weighted by molar-refractivity contribution is 9.10. The fourth-order valence-corrected chi connectivity index (χ4v) is 5.17. The lowest BCUT2D eigenvalue weighted by Crippen LogP contribution is -2.20. The molecule has 0 aliphatic heterocycles. The second-order valence-electron chi connectivity index (χ2n) is 9.02. The van der Waals surface area contributed by atoms with Gasteiger partial charge in [0, 0.05) is 0 Å². The maximum Gasteiger partial charge on any atom is 0.282 e. The Labute approximate surface area is 252 Å². The quantitative estimate of drug-likeness (QED) is 0.163. The Morgan fingerprint density at radius 1 is 0.951 bits per heavy atom. The van der Waals surface area contributed by atoms with Crippen LogP contribution in [0.2, 0.25) is 10.0 Å². The van der Waals surface area contributed by atoms with Crippen LogP contribution < -0.4 is 15.0 Å². The van der Waals surface area contributed by atoms with Crippen molar-refractivity contribution in [3.8, 4) is 23.1 Å². The molecular formula is C31H20BrCl2N3O4. The van der Waals surface area contributed by atoms with Crippen LogP contribution in [-0.2, 0) is 6.61 Å². The molecule has 0 saturated carbocycles. The van der Waals surface area contributed by atoms with Gasteiger partial charge in [0.1, 0.15) is 23.7 Å². The molecule has 6 aromatic rings. The van der Waals surface area contributed by atoms with Gasteiger partial charge in [-0.1, -0.05) is 47.5 Å². The molecule has 0 saturated heterocycles. The van der Waals surface area contributed by atoms with E-state index in [0.29, 0.717) is 50.4 Å². The number of rotatable bonds is 7.